The van der Waals surface area contributed by atoms with Gasteiger partial charge in [0.15, 0.2) is 0 Å². The van der Waals surface area contributed by atoms with Gasteiger partial charge in [0, 0.05) is 0 Å². The van der Waals surface area contributed by atoms with Crippen LogP contribution in [-0.4, -0.2) is 16.1 Å². The summed E-state index contributed by atoms with van der Waals surface area (Å²) in [5.41, 5.74) is 0. The van der Waals surface area contributed by atoms with E-state index in [0.29, 0.717) is 0 Å². The van der Waals surface area contributed by atoms with Crippen molar-refractivity contribution in [2.45, 2.75) is 229 Å². The second-order valence-electron chi connectivity index (χ2n) is 17.3. The number of hydrogen-bond acceptors (Lipinski definition) is 0. The third-order valence-corrected chi connectivity index (χ3v) is 24.2. The number of benzene rings is 1. The molecule has 0 saturated heterocycles. The van der Waals surface area contributed by atoms with Crippen LogP contribution in [0, 0.1) is 0 Å². The van der Waals surface area contributed by atoms with Gasteiger partial charge in [0.1, 0.15) is 0 Å². The quantitative estimate of drug-likeness (QED) is 0.185. The second kappa shape index (κ2) is 26.6. The molecular formula is C48H82Si2. The lowest BCUT2D eigenvalue weighted by Crippen LogP contribution is -2.51. The van der Waals surface area contributed by atoms with Gasteiger partial charge in [-0.3, -0.25) is 0 Å². The summed E-state index contributed by atoms with van der Waals surface area (Å²) in [6, 6.07) is 20.5. The Morgan fingerprint density at radius 2 is 0.400 bits per heavy atom. The van der Waals surface area contributed by atoms with Crippen LogP contribution in [0.3, 0.4) is 0 Å². The number of allylic oxidation sites excluding steroid dienone is 6. The molecule has 6 aliphatic rings. The molecule has 0 fully saturated rings. The van der Waals surface area contributed by atoms with Crippen molar-refractivity contribution in [2.24, 2.45) is 0 Å². The fourth-order valence-corrected chi connectivity index (χ4v) is 20.5. The SMILES string of the molecule is C1=C/CCCCCC[Si]23CCCCCC/C=C/CCCCCC[Si](CCCCCC/1)(CCCCCC/C=C/CCCCCC2)c1ccc3cc1. The van der Waals surface area contributed by atoms with E-state index in [1.54, 1.807) is 36.3 Å². The molecule has 2 heteroatoms. The normalized spacial score (nSPS) is 30.2. The van der Waals surface area contributed by atoms with Gasteiger partial charge in [-0.15, -0.1) is 0 Å². The summed E-state index contributed by atoms with van der Waals surface area (Å²) in [6.45, 7) is 0. The Labute approximate surface area is 314 Å². The molecule has 1 aromatic rings. The number of hydrogen-bond donors (Lipinski definition) is 0. The van der Waals surface area contributed by atoms with Crippen LogP contribution in [0.1, 0.15) is 193 Å². The van der Waals surface area contributed by atoms with Crippen molar-refractivity contribution in [3.63, 3.8) is 0 Å². The molecular weight excluding hydrogens is 633 g/mol. The van der Waals surface area contributed by atoms with E-state index in [-0.39, 0.29) is 0 Å². The van der Waals surface area contributed by atoms with Crippen LogP contribution in [0.25, 0.3) is 0 Å². The van der Waals surface area contributed by atoms with E-state index < -0.39 is 16.1 Å². The lowest BCUT2D eigenvalue weighted by molar-refractivity contribution is 0.639. The molecule has 0 nitrogen and oxygen atoms in total. The number of rotatable bonds is 0. The molecule has 0 radical (unpaired) electrons. The van der Waals surface area contributed by atoms with Gasteiger partial charge in [-0.25, -0.2) is 0 Å². The molecule has 0 saturated carbocycles. The summed E-state index contributed by atoms with van der Waals surface area (Å²) < 4.78 is 0. The highest BCUT2D eigenvalue weighted by atomic mass is 28.3. The monoisotopic (exact) mass is 715 g/mol. The third kappa shape index (κ3) is 16.3. The maximum absolute atomic E-state index is 2.80. The number of fused-ring (bicyclic) bond motifs is 36. The van der Waals surface area contributed by atoms with Gasteiger partial charge in [-0.2, -0.15) is 0 Å². The van der Waals surface area contributed by atoms with Crippen molar-refractivity contribution in [1.82, 2.24) is 0 Å². The fourth-order valence-electron chi connectivity index (χ4n) is 9.98. The molecule has 0 amide bonds. The van der Waals surface area contributed by atoms with Crippen LogP contribution < -0.4 is 10.4 Å². The Morgan fingerprint density at radius 1 is 0.220 bits per heavy atom. The van der Waals surface area contributed by atoms with Crippen LogP contribution in [0.15, 0.2) is 60.7 Å². The molecule has 6 heterocycles. The summed E-state index contributed by atoms with van der Waals surface area (Å²) >= 11 is 0. The highest BCUT2D eigenvalue weighted by Gasteiger charge is 2.36. The van der Waals surface area contributed by atoms with Gasteiger partial charge in [0.2, 0.25) is 0 Å². The zero-order valence-electron chi connectivity index (χ0n) is 33.2. The Balaban J connectivity index is 1.69. The van der Waals surface area contributed by atoms with Crippen LogP contribution in [0.4, 0.5) is 0 Å². The van der Waals surface area contributed by atoms with Gasteiger partial charge >= 0.3 is 0 Å². The lowest BCUT2D eigenvalue weighted by Gasteiger charge is -2.36. The first-order valence-corrected chi connectivity index (χ1v) is 28.1. The molecule has 0 N–H and O–H groups in total. The Kier molecular flexibility index (Phi) is 22.2. The van der Waals surface area contributed by atoms with Crippen LogP contribution >= 0.6 is 0 Å². The predicted octanol–water partition coefficient (Wildman–Crippen LogP) is 15.4. The average Bonchev–Trinajstić information content (AvgIpc) is 3.13. The minimum atomic E-state index is -1.57. The molecule has 282 valence electrons. The van der Waals surface area contributed by atoms with E-state index in [0.717, 1.165) is 0 Å². The maximum atomic E-state index is 2.80. The van der Waals surface area contributed by atoms with Crippen molar-refractivity contribution in [3.05, 3.63) is 60.7 Å². The van der Waals surface area contributed by atoms with E-state index in [1.807, 2.05) is 10.4 Å². The van der Waals surface area contributed by atoms with Gasteiger partial charge in [-0.05, 0) is 77.0 Å². The average molecular weight is 715 g/mol. The highest BCUT2D eigenvalue weighted by Crippen LogP contribution is 2.33. The predicted molar refractivity (Wildman–Crippen MR) is 232 cm³/mol. The Bertz CT molecular complexity index is 872. The third-order valence-electron chi connectivity index (χ3n) is 13.3. The van der Waals surface area contributed by atoms with E-state index in [4.69, 9.17) is 0 Å². The van der Waals surface area contributed by atoms with Gasteiger partial charge in [0.05, 0.1) is 16.1 Å². The molecule has 0 atom stereocenters. The molecule has 0 aromatic heterocycles. The zero-order chi connectivity index (χ0) is 34.7. The minimum Gasteiger partial charge on any atom is -0.0885 e. The summed E-state index contributed by atoms with van der Waals surface area (Å²) in [5.74, 6) is 0. The first-order chi connectivity index (χ1) is 24.8. The maximum Gasteiger partial charge on any atom is 0.0867 e. The molecule has 50 heavy (non-hydrogen) atoms. The highest BCUT2D eigenvalue weighted by molar-refractivity contribution is 6.93. The van der Waals surface area contributed by atoms with Crippen molar-refractivity contribution < 1.29 is 0 Å². The van der Waals surface area contributed by atoms with E-state index in [1.165, 1.54) is 193 Å². The molecule has 1 aromatic carbocycles. The Morgan fingerprint density at radius 3 is 0.600 bits per heavy atom. The van der Waals surface area contributed by atoms with Gasteiger partial charge in [0.25, 0.3) is 0 Å². The van der Waals surface area contributed by atoms with E-state index in [2.05, 4.69) is 60.7 Å². The summed E-state index contributed by atoms with van der Waals surface area (Å²) in [4.78, 5) is 0. The molecule has 0 aliphatic carbocycles. The molecule has 7 rings (SSSR count). The van der Waals surface area contributed by atoms with Gasteiger partial charge < -0.3 is 0 Å². The largest absolute Gasteiger partial charge is 0.0885 e. The van der Waals surface area contributed by atoms with Gasteiger partial charge in [-0.1, -0.05) is 223 Å². The van der Waals surface area contributed by atoms with E-state index in [9.17, 15) is 0 Å². The smallest absolute Gasteiger partial charge is 0.0867 e. The fraction of sp³-hybridized carbons (Fsp3) is 0.750. The van der Waals surface area contributed by atoms with Crippen LogP contribution in [0.5, 0.6) is 0 Å². The summed E-state index contributed by atoms with van der Waals surface area (Å²) in [5, 5.41) is 3.74. The molecule has 6 aliphatic heterocycles. The van der Waals surface area contributed by atoms with Crippen molar-refractivity contribution in [1.29, 1.82) is 0 Å². The van der Waals surface area contributed by atoms with E-state index >= 15 is 0 Å². The zero-order valence-corrected chi connectivity index (χ0v) is 35.2. The molecule has 4 bridgehead atoms. The van der Waals surface area contributed by atoms with Crippen LogP contribution in [-0.2, 0) is 0 Å². The topological polar surface area (TPSA) is 0 Å². The lowest BCUT2D eigenvalue weighted by atomic mass is 10.1. The van der Waals surface area contributed by atoms with Crippen molar-refractivity contribution in [3.8, 4) is 0 Å². The van der Waals surface area contributed by atoms with Crippen molar-refractivity contribution in [2.75, 3.05) is 0 Å². The summed E-state index contributed by atoms with van der Waals surface area (Å²) in [7, 11) is -3.14. The molecule has 0 spiro atoms. The first kappa shape index (κ1) is 41.6. The van der Waals surface area contributed by atoms with Crippen molar-refractivity contribution >= 4 is 26.5 Å². The standard InChI is InChI=1S/C48H82Si2/c1-2-8-14-20-26-32-42-50-45-35-29-23-17-11-5-3-9-15-21-27-33-43-49(41-31-25-19-13-7-1,47-37-39-48(50)40-38-47)44-34-28-22-16-10-4-6-12-18-24-30-36-46-50/h1-6,37-40H,7-36,41-46H2/b2-1+,5-3+,6-4+. The Hall–Kier alpha value is -1.13. The van der Waals surface area contributed by atoms with Crippen LogP contribution in [0.2, 0.25) is 36.3 Å². The summed E-state index contributed by atoms with van der Waals surface area (Å²) in [6.07, 6.45) is 57.6. The second-order valence-corrected chi connectivity index (χ2v) is 26.5. The first-order valence-electron chi connectivity index (χ1n) is 22.9. The minimum absolute atomic E-state index is 1.31. The molecule has 0 unspecified atom stereocenters.